The number of nitro benzene ring substituents is 1. The van der Waals surface area contributed by atoms with E-state index in [9.17, 15) is 10.1 Å². The molecule has 0 aliphatic carbocycles. The number of aryl methyl sites for hydroxylation is 1. The van der Waals surface area contributed by atoms with Gasteiger partial charge in [0.05, 0.1) is 20.7 Å². The number of nitro groups is 1. The molecule has 0 N–H and O–H groups in total. The molecule has 3 aromatic rings. The Bertz CT molecular complexity index is 798. The molecule has 0 aliphatic heterocycles. The van der Waals surface area contributed by atoms with Crippen molar-refractivity contribution in [2.45, 2.75) is 6.92 Å². The van der Waals surface area contributed by atoms with Crippen LogP contribution in [0.4, 0.5) is 5.69 Å². The van der Waals surface area contributed by atoms with E-state index >= 15 is 0 Å². The van der Waals surface area contributed by atoms with Gasteiger partial charge in [-0.1, -0.05) is 0 Å². The largest absolute Gasteiger partial charge is 0.457 e. The molecule has 20 heavy (non-hydrogen) atoms. The number of benzene rings is 2. The van der Waals surface area contributed by atoms with Crippen LogP contribution in [0.3, 0.4) is 0 Å². The third kappa shape index (κ3) is 2.33. The van der Waals surface area contributed by atoms with Crippen molar-refractivity contribution in [2.24, 2.45) is 0 Å². The maximum atomic E-state index is 10.7. The molecule has 1 heterocycles. The minimum atomic E-state index is -0.419. The molecule has 0 saturated heterocycles. The molecule has 1 aromatic heterocycles. The van der Waals surface area contributed by atoms with Gasteiger partial charge in [0.15, 0.2) is 0 Å². The Balaban J connectivity index is 1.92. The fourth-order valence-corrected chi connectivity index (χ4v) is 2.55. The van der Waals surface area contributed by atoms with Crippen molar-refractivity contribution in [3.05, 3.63) is 57.6 Å². The van der Waals surface area contributed by atoms with Crippen molar-refractivity contribution >= 4 is 27.2 Å². The molecule has 2 aromatic carbocycles. The normalized spacial score (nSPS) is 10.7. The van der Waals surface area contributed by atoms with Crippen LogP contribution in [0.25, 0.3) is 10.2 Å². The van der Waals surface area contributed by atoms with Gasteiger partial charge in [-0.3, -0.25) is 10.1 Å². The molecule has 0 unspecified atom stereocenters. The minimum absolute atomic E-state index is 0.0600. The first kappa shape index (κ1) is 12.6. The van der Waals surface area contributed by atoms with E-state index in [1.165, 1.54) is 12.1 Å². The standard InChI is InChI=1S/C14H10N2O3S/c1-9-6-10(16(17)18)2-4-13(9)19-11-3-5-14-12(7-11)15-8-20-14/h2-8H,1H3. The monoisotopic (exact) mass is 286 g/mol. The Morgan fingerprint density at radius 2 is 2.10 bits per heavy atom. The second kappa shape index (κ2) is 4.90. The number of thiazole rings is 1. The summed E-state index contributed by atoms with van der Waals surface area (Å²) >= 11 is 1.57. The predicted octanol–water partition coefficient (Wildman–Crippen LogP) is 4.31. The van der Waals surface area contributed by atoms with Crippen LogP contribution in [0.1, 0.15) is 5.56 Å². The van der Waals surface area contributed by atoms with Gasteiger partial charge in [0.2, 0.25) is 0 Å². The molecule has 0 radical (unpaired) electrons. The summed E-state index contributed by atoms with van der Waals surface area (Å²) in [6.07, 6.45) is 0. The SMILES string of the molecule is Cc1cc([N+](=O)[O-])ccc1Oc1ccc2scnc2c1. The molecule has 0 amide bonds. The molecule has 0 aliphatic rings. The first-order valence-corrected chi connectivity index (χ1v) is 6.77. The second-order valence-electron chi connectivity index (χ2n) is 4.29. The first-order valence-electron chi connectivity index (χ1n) is 5.89. The fourth-order valence-electron chi connectivity index (χ4n) is 1.89. The molecule has 0 fully saturated rings. The molecule has 100 valence electrons. The molecule has 0 atom stereocenters. The maximum absolute atomic E-state index is 10.7. The highest BCUT2D eigenvalue weighted by Gasteiger charge is 2.10. The summed E-state index contributed by atoms with van der Waals surface area (Å²) in [4.78, 5) is 14.5. The van der Waals surface area contributed by atoms with Crippen molar-refractivity contribution in [1.29, 1.82) is 0 Å². The number of hydrogen-bond donors (Lipinski definition) is 0. The lowest BCUT2D eigenvalue weighted by atomic mass is 10.2. The lowest BCUT2D eigenvalue weighted by Crippen LogP contribution is -1.91. The predicted molar refractivity (Wildman–Crippen MR) is 77.5 cm³/mol. The average molecular weight is 286 g/mol. The molecular formula is C14H10N2O3S. The van der Waals surface area contributed by atoms with Gasteiger partial charge >= 0.3 is 0 Å². The van der Waals surface area contributed by atoms with Gasteiger partial charge in [0.25, 0.3) is 5.69 Å². The molecule has 6 heteroatoms. The highest BCUT2D eigenvalue weighted by Crippen LogP contribution is 2.30. The van der Waals surface area contributed by atoms with Gasteiger partial charge in [0, 0.05) is 18.2 Å². The quantitative estimate of drug-likeness (QED) is 0.531. The van der Waals surface area contributed by atoms with Crippen LogP contribution in [0, 0.1) is 17.0 Å². The van der Waals surface area contributed by atoms with E-state index in [-0.39, 0.29) is 5.69 Å². The zero-order valence-corrected chi connectivity index (χ0v) is 11.4. The Kier molecular flexibility index (Phi) is 3.08. The Morgan fingerprint density at radius 3 is 2.85 bits per heavy atom. The van der Waals surface area contributed by atoms with Crippen LogP contribution in [0.15, 0.2) is 41.9 Å². The molecule has 0 bridgehead atoms. The smallest absolute Gasteiger partial charge is 0.269 e. The Hall–Kier alpha value is -2.47. The van der Waals surface area contributed by atoms with E-state index in [1.54, 1.807) is 29.8 Å². The summed E-state index contributed by atoms with van der Waals surface area (Å²) in [6.45, 7) is 1.78. The molecule has 0 spiro atoms. The van der Waals surface area contributed by atoms with Crippen LogP contribution < -0.4 is 4.74 Å². The topological polar surface area (TPSA) is 65.3 Å². The van der Waals surface area contributed by atoms with Gasteiger partial charge in [-0.2, -0.15) is 0 Å². The van der Waals surface area contributed by atoms with Gasteiger partial charge in [-0.15, -0.1) is 11.3 Å². The summed E-state index contributed by atoms with van der Waals surface area (Å²) in [5, 5.41) is 10.7. The van der Waals surface area contributed by atoms with E-state index in [1.807, 2.05) is 18.2 Å². The zero-order valence-electron chi connectivity index (χ0n) is 10.6. The van der Waals surface area contributed by atoms with Crippen LogP contribution in [0.5, 0.6) is 11.5 Å². The summed E-state index contributed by atoms with van der Waals surface area (Å²) in [6, 6.07) is 10.2. The number of hydrogen-bond acceptors (Lipinski definition) is 5. The van der Waals surface area contributed by atoms with E-state index < -0.39 is 4.92 Å². The van der Waals surface area contributed by atoms with Gasteiger partial charge in [0.1, 0.15) is 11.5 Å². The van der Waals surface area contributed by atoms with Crippen LogP contribution in [-0.2, 0) is 0 Å². The van der Waals surface area contributed by atoms with Crippen molar-refractivity contribution in [3.63, 3.8) is 0 Å². The van der Waals surface area contributed by atoms with E-state index in [2.05, 4.69) is 4.98 Å². The fraction of sp³-hybridized carbons (Fsp3) is 0.0714. The van der Waals surface area contributed by atoms with E-state index in [4.69, 9.17) is 4.74 Å². The number of non-ortho nitro benzene ring substituents is 1. The van der Waals surface area contributed by atoms with Crippen molar-refractivity contribution in [1.82, 2.24) is 4.98 Å². The van der Waals surface area contributed by atoms with Crippen LogP contribution in [-0.4, -0.2) is 9.91 Å². The van der Waals surface area contributed by atoms with E-state index in [0.29, 0.717) is 11.5 Å². The maximum Gasteiger partial charge on any atom is 0.269 e. The van der Waals surface area contributed by atoms with E-state index in [0.717, 1.165) is 15.8 Å². The number of rotatable bonds is 3. The summed E-state index contributed by atoms with van der Waals surface area (Å²) in [5.41, 5.74) is 3.44. The minimum Gasteiger partial charge on any atom is -0.457 e. The van der Waals surface area contributed by atoms with Gasteiger partial charge in [-0.05, 0) is 30.7 Å². The zero-order chi connectivity index (χ0) is 14.1. The molecule has 3 rings (SSSR count). The van der Waals surface area contributed by atoms with Crippen molar-refractivity contribution < 1.29 is 9.66 Å². The number of nitrogens with zero attached hydrogens (tertiary/aromatic N) is 2. The van der Waals surface area contributed by atoms with Gasteiger partial charge < -0.3 is 4.74 Å². The molecule has 5 nitrogen and oxygen atoms in total. The Labute approximate surface area is 118 Å². The van der Waals surface area contributed by atoms with Gasteiger partial charge in [-0.25, -0.2) is 4.98 Å². The lowest BCUT2D eigenvalue weighted by molar-refractivity contribution is -0.384. The number of fused-ring (bicyclic) bond motifs is 1. The highest BCUT2D eigenvalue weighted by molar-refractivity contribution is 7.16. The molecular weight excluding hydrogens is 276 g/mol. The average Bonchev–Trinajstić information content (AvgIpc) is 2.88. The summed E-state index contributed by atoms with van der Waals surface area (Å²) in [5.74, 6) is 1.27. The van der Waals surface area contributed by atoms with Crippen LogP contribution >= 0.6 is 11.3 Å². The number of aromatic nitrogens is 1. The third-order valence-corrected chi connectivity index (χ3v) is 3.71. The second-order valence-corrected chi connectivity index (χ2v) is 5.18. The van der Waals surface area contributed by atoms with Crippen molar-refractivity contribution in [2.75, 3.05) is 0 Å². The highest BCUT2D eigenvalue weighted by atomic mass is 32.1. The summed E-state index contributed by atoms with van der Waals surface area (Å²) in [7, 11) is 0. The number of ether oxygens (including phenoxy) is 1. The van der Waals surface area contributed by atoms with Crippen molar-refractivity contribution in [3.8, 4) is 11.5 Å². The van der Waals surface area contributed by atoms with Crippen LogP contribution in [0.2, 0.25) is 0 Å². The first-order chi connectivity index (χ1) is 9.63. The third-order valence-electron chi connectivity index (χ3n) is 2.90. The summed E-state index contributed by atoms with van der Waals surface area (Å²) < 4.78 is 6.86. The lowest BCUT2D eigenvalue weighted by Gasteiger charge is -2.08. The molecule has 0 saturated carbocycles. The Morgan fingerprint density at radius 1 is 1.25 bits per heavy atom.